The predicted molar refractivity (Wildman–Crippen MR) is 55.0 cm³/mol. The van der Waals surface area contributed by atoms with Gasteiger partial charge in [-0.05, 0) is 19.4 Å². The van der Waals surface area contributed by atoms with Gasteiger partial charge in [0.1, 0.15) is 11.7 Å². The fraction of sp³-hybridized carbons (Fsp3) is 0.364. The highest BCUT2D eigenvalue weighted by atomic mass is 16.5. The summed E-state index contributed by atoms with van der Waals surface area (Å²) in [7, 11) is 0. The minimum absolute atomic E-state index is 0.168. The van der Waals surface area contributed by atoms with E-state index in [1.54, 1.807) is 13.8 Å². The molecule has 1 aliphatic rings. The van der Waals surface area contributed by atoms with Crippen LogP contribution in [0.25, 0.3) is 0 Å². The molecular weight excluding hydrogens is 192 g/mol. The first-order chi connectivity index (χ1) is 7.03. The highest BCUT2D eigenvalue weighted by Crippen LogP contribution is 2.30. The van der Waals surface area contributed by atoms with E-state index >= 15 is 0 Å². The number of nitrogens with one attached hydrogen (secondary N) is 1. The SMILES string of the molecule is CC1(C)C(=O)N[C@@H](c2ccccc2)N1O. The average Bonchev–Trinajstić information content (AvgIpc) is 2.44. The fourth-order valence-corrected chi connectivity index (χ4v) is 1.65. The quantitative estimate of drug-likeness (QED) is 0.728. The molecule has 80 valence electrons. The van der Waals surface area contributed by atoms with Crippen LogP contribution in [-0.4, -0.2) is 21.7 Å². The van der Waals surface area contributed by atoms with Gasteiger partial charge in [0.15, 0.2) is 0 Å². The molecule has 0 aromatic heterocycles. The van der Waals surface area contributed by atoms with Crippen LogP contribution in [0.5, 0.6) is 0 Å². The van der Waals surface area contributed by atoms with Crippen molar-refractivity contribution in [2.75, 3.05) is 0 Å². The third kappa shape index (κ3) is 1.52. The first-order valence-electron chi connectivity index (χ1n) is 4.87. The van der Waals surface area contributed by atoms with Gasteiger partial charge in [-0.3, -0.25) is 4.79 Å². The third-order valence-electron chi connectivity index (χ3n) is 2.76. The van der Waals surface area contributed by atoms with Crippen molar-refractivity contribution in [1.29, 1.82) is 0 Å². The molecule has 4 heteroatoms. The van der Waals surface area contributed by atoms with E-state index in [0.717, 1.165) is 10.6 Å². The molecule has 2 N–H and O–H groups in total. The molecule has 1 aliphatic heterocycles. The zero-order valence-corrected chi connectivity index (χ0v) is 8.77. The number of hydroxylamine groups is 2. The Kier molecular flexibility index (Phi) is 2.25. The molecule has 0 aliphatic carbocycles. The lowest BCUT2D eigenvalue weighted by molar-refractivity contribution is -0.171. The standard InChI is InChI=1S/C11H14N2O2/c1-11(2)10(14)12-9(13(11)15)8-6-4-3-5-7-8/h3-7,9,15H,1-2H3,(H,12,14)/t9-/m1/s1. The van der Waals surface area contributed by atoms with Gasteiger partial charge in [0.05, 0.1) is 0 Å². The summed E-state index contributed by atoms with van der Waals surface area (Å²) in [4.78, 5) is 11.6. The van der Waals surface area contributed by atoms with E-state index in [2.05, 4.69) is 5.32 Å². The number of nitrogens with zero attached hydrogens (tertiary/aromatic N) is 1. The molecule has 1 heterocycles. The van der Waals surface area contributed by atoms with Crippen molar-refractivity contribution in [3.63, 3.8) is 0 Å². The Bertz CT molecular complexity index is 375. The van der Waals surface area contributed by atoms with E-state index in [4.69, 9.17) is 0 Å². The minimum Gasteiger partial charge on any atom is -0.333 e. The number of carbonyl (C=O) groups excluding carboxylic acids is 1. The number of rotatable bonds is 1. The number of amides is 1. The fourth-order valence-electron chi connectivity index (χ4n) is 1.65. The van der Waals surface area contributed by atoms with Crippen LogP contribution in [-0.2, 0) is 4.79 Å². The molecule has 1 saturated heterocycles. The van der Waals surface area contributed by atoms with Gasteiger partial charge in [-0.1, -0.05) is 30.3 Å². The van der Waals surface area contributed by atoms with Crippen LogP contribution in [0, 0.1) is 0 Å². The van der Waals surface area contributed by atoms with Gasteiger partial charge in [0, 0.05) is 0 Å². The first-order valence-corrected chi connectivity index (χ1v) is 4.87. The van der Waals surface area contributed by atoms with Crippen molar-refractivity contribution in [2.24, 2.45) is 0 Å². The van der Waals surface area contributed by atoms with Crippen LogP contribution in [0.15, 0.2) is 30.3 Å². The molecule has 1 aromatic carbocycles. The number of benzene rings is 1. The maximum Gasteiger partial charge on any atom is 0.243 e. The molecule has 0 unspecified atom stereocenters. The lowest BCUT2D eigenvalue weighted by Crippen LogP contribution is -2.41. The number of hydrogen-bond acceptors (Lipinski definition) is 3. The van der Waals surface area contributed by atoms with Crippen molar-refractivity contribution in [1.82, 2.24) is 10.4 Å². The second kappa shape index (κ2) is 3.32. The number of hydrogen-bond donors (Lipinski definition) is 2. The highest BCUT2D eigenvalue weighted by Gasteiger charge is 2.46. The Hall–Kier alpha value is -1.39. The summed E-state index contributed by atoms with van der Waals surface area (Å²) < 4.78 is 0. The van der Waals surface area contributed by atoms with Crippen LogP contribution in [0.1, 0.15) is 25.6 Å². The molecule has 4 nitrogen and oxygen atoms in total. The molecule has 0 bridgehead atoms. The Morgan fingerprint density at radius 2 is 1.93 bits per heavy atom. The van der Waals surface area contributed by atoms with Gasteiger partial charge in [-0.25, -0.2) is 0 Å². The maximum absolute atomic E-state index is 11.6. The average molecular weight is 206 g/mol. The Balaban J connectivity index is 2.32. The summed E-state index contributed by atoms with van der Waals surface area (Å²) in [6, 6.07) is 9.39. The van der Waals surface area contributed by atoms with Gasteiger partial charge in [-0.2, -0.15) is 5.06 Å². The first kappa shape index (κ1) is 10.1. The van der Waals surface area contributed by atoms with E-state index in [-0.39, 0.29) is 5.91 Å². The van der Waals surface area contributed by atoms with Gasteiger partial charge in [-0.15, -0.1) is 0 Å². The summed E-state index contributed by atoms with van der Waals surface area (Å²) >= 11 is 0. The van der Waals surface area contributed by atoms with Crippen LogP contribution >= 0.6 is 0 Å². The zero-order valence-electron chi connectivity index (χ0n) is 8.77. The largest absolute Gasteiger partial charge is 0.333 e. The summed E-state index contributed by atoms with van der Waals surface area (Å²) in [6.45, 7) is 3.37. The summed E-state index contributed by atoms with van der Waals surface area (Å²) in [5.41, 5.74) is -0.000491. The predicted octanol–water partition coefficient (Wildman–Crippen LogP) is 1.28. The molecule has 2 rings (SSSR count). The minimum atomic E-state index is -0.874. The molecule has 1 amide bonds. The van der Waals surface area contributed by atoms with Crippen molar-refractivity contribution >= 4 is 5.91 Å². The van der Waals surface area contributed by atoms with Crippen LogP contribution in [0.2, 0.25) is 0 Å². The molecular formula is C11H14N2O2. The molecule has 15 heavy (non-hydrogen) atoms. The van der Waals surface area contributed by atoms with Crippen LogP contribution in [0.3, 0.4) is 0 Å². The lowest BCUT2D eigenvalue weighted by atomic mass is 10.1. The van der Waals surface area contributed by atoms with Crippen LogP contribution < -0.4 is 5.32 Å². The second-order valence-electron chi connectivity index (χ2n) is 4.19. The Morgan fingerprint density at radius 3 is 2.40 bits per heavy atom. The van der Waals surface area contributed by atoms with Gasteiger partial charge >= 0.3 is 0 Å². The normalized spacial score (nSPS) is 25.3. The van der Waals surface area contributed by atoms with Gasteiger partial charge < -0.3 is 10.5 Å². The van der Waals surface area contributed by atoms with Gasteiger partial charge in [0.2, 0.25) is 5.91 Å². The third-order valence-corrected chi connectivity index (χ3v) is 2.76. The smallest absolute Gasteiger partial charge is 0.243 e. The Labute approximate surface area is 88.5 Å². The molecule has 1 atom stereocenters. The van der Waals surface area contributed by atoms with Crippen molar-refractivity contribution in [2.45, 2.75) is 25.6 Å². The van der Waals surface area contributed by atoms with Crippen molar-refractivity contribution in [3.05, 3.63) is 35.9 Å². The van der Waals surface area contributed by atoms with E-state index in [9.17, 15) is 10.0 Å². The zero-order chi connectivity index (χ0) is 11.1. The van der Waals surface area contributed by atoms with E-state index < -0.39 is 11.7 Å². The van der Waals surface area contributed by atoms with E-state index in [0.29, 0.717) is 0 Å². The lowest BCUT2D eigenvalue weighted by Gasteiger charge is -2.25. The van der Waals surface area contributed by atoms with E-state index in [1.807, 2.05) is 30.3 Å². The van der Waals surface area contributed by atoms with Gasteiger partial charge in [0.25, 0.3) is 0 Å². The maximum atomic E-state index is 11.6. The molecule has 0 spiro atoms. The van der Waals surface area contributed by atoms with Crippen LogP contribution in [0.4, 0.5) is 0 Å². The second-order valence-corrected chi connectivity index (χ2v) is 4.19. The van der Waals surface area contributed by atoms with Crippen molar-refractivity contribution < 1.29 is 10.0 Å². The Morgan fingerprint density at radius 1 is 1.33 bits per heavy atom. The summed E-state index contributed by atoms with van der Waals surface area (Å²) in [5, 5.41) is 13.7. The van der Waals surface area contributed by atoms with E-state index in [1.165, 1.54) is 0 Å². The highest BCUT2D eigenvalue weighted by molar-refractivity contribution is 5.87. The molecule has 0 radical (unpaired) electrons. The monoisotopic (exact) mass is 206 g/mol. The topological polar surface area (TPSA) is 52.6 Å². The molecule has 1 aromatic rings. The van der Waals surface area contributed by atoms with Crippen molar-refractivity contribution in [3.8, 4) is 0 Å². The number of carbonyl (C=O) groups is 1. The molecule has 1 fully saturated rings. The summed E-state index contributed by atoms with van der Waals surface area (Å²) in [5.74, 6) is -0.168. The summed E-state index contributed by atoms with van der Waals surface area (Å²) in [6.07, 6.45) is -0.450. The molecule has 0 saturated carbocycles.